The molecule has 3 nitrogen and oxygen atoms in total. The molecule has 2 aromatic rings. The Hall–Kier alpha value is -1.75. The molecule has 0 aliphatic rings. The van der Waals surface area contributed by atoms with E-state index >= 15 is 0 Å². The van der Waals surface area contributed by atoms with E-state index in [1.807, 2.05) is 6.92 Å². The Morgan fingerprint density at radius 2 is 2.00 bits per heavy atom. The van der Waals surface area contributed by atoms with Gasteiger partial charge in [0.1, 0.15) is 5.82 Å². The number of aromatic hydroxyl groups is 1. The summed E-state index contributed by atoms with van der Waals surface area (Å²) in [7, 11) is 1.49. The van der Waals surface area contributed by atoms with Gasteiger partial charge in [-0.3, -0.25) is 0 Å². The molecule has 0 saturated heterocycles. The lowest BCUT2D eigenvalue weighted by Gasteiger charge is -2.17. The number of nitrogens with one attached hydrogen (secondary N) is 1. The molecule has 0 bridgehead atoms. The number of anilines is 1. The number of rotatable bonds is 4. The lowest BCUT2D eigenvalue weighted by Crippen LogP contribution is -2.08. The molecule has 0 radical (unpaired) electrons. The third kappa shape index (κ3) is 3.22. The fourth-order valence-electron chi connectivity index (χ4n) is 1.89. The van der Waals surface area contributed by atoms with Crippen molar-refractivity contribution >= 4 is 21.6 Å². The van der Waals surface area contributed by atoms with Gasteiger partial charge in [0, 0.05) is 10.5 Å². The van der Waals surface area contributed by atoms with Gasteiger partial charge in [0.15, 0.2) is 11.5 Å². The van der Waals surface area contributed by atoms with Gasteiger partial charge in [-0.2, -0.15) is 0 Å². The fourth-order valence-corrected chi connectivity index (χ4v) is 2.22. The number of ether oxygens (including phenoxy) is 1. The van der Waals surface area contributed by atoms with Gasteiger partial charge in [-0.25, -0.2) is 4.39 Å². The fraction of sp³-hybridized carbons (Fsp3) is 0.200. The van der Waals surface area contributed by atoms with Crippen LogP contribution in [0.4, 0.5) is 10.1 Å². The van der Waals surface area contributed by atoms with Crippen molar-refractivity contribution in [3.05, 3.63) is 52.3 Å². The molecule has 2 rings (SSSR count). The van der Waals surface area contributed by atoms with Crippen molar-refractivity contribution in [2.75, 3.05) is 12.4 Å². The summed E-state index contributed by atoms with van der Waals surface area (Å²) in [6.07, 6.45) is 0. The predicted molar refractivity (Wildman–Crippen MR) is 80.8 cm³/mol. The first kappa shape index (κ1) is 14.7. The molecule has 1 atom stereocenters. The van der Waals surface area contributed by atoms with Gasteiger partial charge in [0.25, 0.3) is 0 Å². The predicted octanol–water partition coefficient (Wildman–Crippen LogP) is 4.48. The Labute approximate surface area is 125 Å². The van der Waals surface area contributed by atoms with E-state index in [2.05, 4.69) is 21.2 Å². The number of phenols is 1. The standard InChI is InChI=1S/C15H15BrFNO2/c1-9(10-3-6-14(19)15(7-10)20-2)18-13-5-4-11(16)8-12(13)17/h3-9,18-19H,1-2H3. The number of methoxy groups -OCH3 is 1. The van der Waals surface area contributed by atoms with Gasteiger partial charge >= 0.3 is 0 Å². The van der Waals surface area contributed by atoms with Crippen LogP contribution in [0, 0.1) is 5.82 Å². The smallest absolute Gasteiger partial charge is 0.160 e. The van der Waals surface area contributed by atoms with Crippen molar-refractivity contribution in [2.45, 2.75) is 13.0 Å². The van der Waals surface area contributed by atoms with Gasteiger partial charge in [-0.05, 0) is 42.8 Å². The minimum atomic E-state index is -0.322. The van der Waals surface area contributed by atoms with Crippen LogP contribution in [-0.2, 0) is 0 Å². The Morgan fingerprint density at radius 3 is 2.65 bits per heavy atom. The van der Waals surface area contributed by atoms with Gasteiger partial charge < -0.3 is 15.2 Å². The van der Waals surface area contributed by atoms with Crippen LogP contribution in [-0.4, -0.2) is 12.2 Å². The molecule has 0 aliphatic heterocycles. The summed E-state index contributed by atoms with van der Waals surface area (Å²) in [5, 5.41) is 12.7. The van der Waals surface area contributed by atoms with E-state index in [1.165, 1.54) is 13.2 Å². The molecule has 0 heterocycles. The summed E-state index contributed by atoms with van der Waals surface area (Å²) in [5.41, 5.74) is 1.31. The van der Waals surface area contributed by atoms with Crippen molar-refractivity contribution in [2.24, 2.45) is 0 Å². The minimum absolute atomic E-state index is 0.0817. The van der Waals surface area contributed by atoms with Crippen molar-refractivity contribution in [3.8, 4) is 11.5 Å². The molecule has 2 aromatic carbocycles. The summed E-state index contributed by atoms with van der Waals surface area (Å²) < 4.78 is 19.5. The van der Waals surface area contributed by atoms with Crippen LogP contribution in [0.3, 0.4) is 0 Å². The molecule has 0 spiro atoms. The molecule has 0 saturated carbocycles. The number of hydrogen-bond donors (Lipinski definition) is 2. The Kier molecular flexibility index (Phi) is 4.49. The van der Waals surface area contributed by atoms with E-state index in [0.29, 0.717) is 15.9 Å². The number of phenolic OH excluding ortho intramolecular Hbond substituents is 1. The zero-order valence-electron chi connectivity index (χ0n) is 11.2. The second-order valence-corrected chi connectivity index (χ2v) is 5.34. The van der Waals surface area contributed by atoms with Crippen molar-refractivity contribution in [1.82, 2.24) is 0 Å². The lowest BCUT2D eigenvalue weighted by atomic mass is 10.1. The molecule has 106 valence electrons. The third-order valence-corrected chi connectivity index (χ3v) is 3.50. The lowest BCUT2D eigenvalue weighted by molar-refractivity contribution is 0.373. The number of benzene rings is 2. The zero-order chi connectivity index (χ0) is 14.7. The molecule has 2 N–H and O–H groups in total. The SMILES string of the molecule is COc1cc(C(C)Nc2ccc(Br)cc2F)ccc1O. The van der Waals surface area contributed by atoms with Crippen molar-refractivity contribution in [3.63, 3.8) is 0 Å². The zero-order valence-corrected chi connectivity index (χ0v) is 12.7. The summed E-state index contributed by atoms with van der Waals surface area (Å²) in [6, 6.07) is 9.79. The van der Waals surface area contributed by atoms with E-state index < -0.39 is 0 Å². The second-order valence-electron chi connectivity index (χ2n) is 4.42. The number of hydrogen-bond acceptors (Lipinski definition) is 3. The molecule has 20 heavy (non-hydrogen) atoms. The average Bonchev–Trinajstić information content (AvgIpc) is 2.42. The van der Waals surface area contributed by atoms with Crippen LogP contribution in [0.15, 0.2) is 40.9 Å². The molecular weight excluding hydrogens is 325 g/mol. The highest BCUT2D eigenvalue weighted by molar-refractivity contribution is 9.10. The maximum atomic E-state index is 13.8. The first-order chi connectivity index (χ1) is 9.51. The van der Waals surface area contributed by atoms with Gasteiger partial charge in [-0.1, -0.05) is 22.0 Å². The molecular formula is C15H15BrFNO2. The first-order valence-corrected chi connectivity index (χ1v) is 6.89. The van der Waals surface area contributed by atoms with Crippen LogP contribution >= 0.6 is 15.9 Å². The highest BCUT2D eigenvalue weighted by atomic mass is 79.9. The normalized spacial score (nSPS) is 12.0. The van der Waals surface area contributed by atoms with Gasteiger partial charge in [-0.15, -0.1) is 0 Å². The summed E-state index contributed by atoms with van der Waals surface area (Å²) in [6.45, 7) is 1.91. The topological polar surface area (TPSA) is 41.5 Å². The van der Waals surface area contributed by atoms with Crippen molar-refractivity contribution < 1.29 is 14.2 Å². The average molecular weight is 340 g/mol. The molecule has 1 unspecified atom stereocenters. The third-order valence-electron chi connectivity index (χ3n) is 3.01. The van der Waals surface area contributed by atoms with E-state index in [4.69, 9.17) is 4.74 Å². The van der Waals surface area contributed by atoms with Crippen LogP contribution in [0.5, 0.6) is 11.5 Å². The Balaban J connectivity index is 2.21. The molecule has 0 fully saturated rings. The quantitative estimate of drug-likeness (QED) is 0.863. The monoisotopic (exact) mass is 339 g/mol. The number of halogens is 2. The molecule has 0 amide bonds. The summed E-state index contributed by atoms with van der Waals surface area (Å²) in [5.74, 6) is 0.155. The van der Waals surface area contributed by atoms with Crippen LogP contribution in [0.25, 0.3) is 0 Å². The minimum Gasteiger partial charge on any atom is -0.504 e. The van der Waals surface area contributed by atoms with E-state index in [1.54, 1.807) is 30.3 Å². The Morgan fingerprint density at radius 1 is 1.25 bits per heavy atom. The van der Waals surface area contributed by atoms with Gasteiger partial charge in [0.2, 0.25) is 0 Å². The van der Waals surface area contributed by atoms with Crippen LogP contribution < -0.4 is 10.1 Å². The first-order valence-electron chi connectivity index (χ1n) is 6.09. The van der Waals surface area contributed by atoms with Crippen LogP contribution in [0.1, 0.15) is 18.5 Å². The molecule has 0 aliphatic carbocycles. The maximum absolute atomic E-state index is 13.8. The summed E-state index contributed by atoms with van der Waals surface area (Å²) in [4.78, 5) is 0. The van der Waals surface area contributed by atoms with E-state index in [9.17, 15) is 9.50 Å². The Bertz CT molecular complexity index is 619. The highest BCUT2D eigenvalue weighted by Crippen LogP contribution is 2.30. The summed E-state index contributed by atoms with van der Waals surface area (Å²) >= 11 is 3.22. The van der Waals surface area contributed by atoms with E-state index in [-0.39, 0.29) is 17.6 Å². The molecule has 5 heteroatoms. The highest BCUT2D eigenvalue weighted by Gasteiger charge is 2.11. The molecule has 0 aromatic heterocycles. The maximum Gasteiger partial charge on any atom is 0.160 e. The van der Waals surface area contributed by atoms with Gasteiger partial charge in [0.05, 0.1) is 12.8 Å². The largest absolute Gasteiger partial charge is 0.504 e. The van der Waals surface area contributed by atoms with Crippen LogP contribution in [0.2, 0.25) is 0 Å². The second kappa shape index (κ2) is 6.13. The van der Waals surface area contributed by atoms with Crippen molar-refractivity contribution in [1.29, 1.82) is 0 Å². The van der Waals surface area contributed by atoms with E-state index in [0.717, 1.165) is 5.56 Å².